The second kappa shape index (κ2) is 6.76. The Morgan fingerprint density at radius 1 is 1.24 bits per heavy atom. The van der Waals surface area contributed by atoms with Gasteiger partial charge < -0.3 is 15.6 Å². The van der Waals surface area contributed by atoms with Crippen LogP contribution >= 0.6 is 43.2 Å². The molecular formula is C13H13Br2N5S. The van der Waals surface area contributed by atoms with Crippen molar-refractivity contribution in [1.29, 1.82) is 0 Å². The standard InChI is InChI=1S/C13H13Br2N5S/c14-8-7-10(21-11(8)15)16-5-2-6-18-13-19-9-3-1-4-17-12(9)20-13/h1,3-4,7,16H,2,5-6H2,(H2,17,18,19,20). The van der Waals surface area contributed by atoms with Gasteiger partial charge in [-0.2, -0.15) is 4.98 Å². The molecule has 0 radical (unpaired) electrons. The van der Waals surface area contributed by atoms with Gasteiger partial charge in [-0.15, -0.1) is 11.3 Å². The number of anilines is 2. The molecule has 8 heteroatoms. The Balaban J connectivity index is 1.43. The van der Waals surface area contributed by atoms with Crippen molar-refractivity contribution in [3.8, 4) is 0 Å². The van der Waals surface area contributed by atoms with E-state index in [-0.39, 0.29) is 0 Å². The molecule has 0 amide bonds. The highest BCUT2D eigenvalue weighted by Crippen LogP contribution is 2.35. The maximum atomic E-state index is 4.37. The Morgan fingerprint density at radius 3 is 2.86 bits per heavy atom. The SMILES string of the molecule is Brc1cc(NCCCNc2nc3ncccc3[nH]2)sc1Br. The quantitative estimate of drug-likeness (QED) is 0.505. The van der Waals surface area contributed by atoms with Crippen molar-refractivity contribution in [3.63, 3.8) is 0 Å². The molecule has 0 aliphatic rings. The molecule has 0 atom stereocenters. The number of nitrogens with one attached hydrogen (secondary N) is 3. The van der Waals surface area contributed by atoms with E-state index in [9.17, 15) is 0 Å². The van der Waals surface area contributed by atoms with E-state index in [1.165, 1.54) is 0 Å². The zero-order chi connectivity index (χ0) is 14.7. The van der Waals surface area contributed by atoms with E-state index in [4.69, 9.17) is 0 Å². The fraction of sp³-hybridized carbons (Fsp3) is 0.231. The summed E-state index contributed by atoms with van der Waals surface area (Å²) in [6.07, 6.45) is 2.74. The van der Waals surface area contributed by atoms with E-state index in [2.05, 4.69) is 63.5 Å². The second-order valence-electron chi connectivity index (χ2n) is 4.40. The molecule has 0 unspecified atom stereocenters. The lowest BCUT2D eigenvalue weighted by Crippen LogP contribution is -2.09. The molecule has 0 aliphatic heterocycles. The zero-order valence-electron chi connectivity index (χ0n) is 11.0. The molecule has 21 heavy (non-hydrogen) atoms. The number of aromatic amines is 1. The zero-order valence-corrected chi connectivity index (χ0v) is 15.0. The highest BCUT2D eigenvalue weighted by Gasteiger charge is 2.04. The average Bonchev–Trinajstić information content (AvgIpc) is 3.02. The normalized spacial score (nSPS) is 11.0. The highest BCUT2D eigenvalue weighted by molar-refractivity contribution is 9.13. The lowest BCUT2D eigenvalue weighted by molar-refractivity contribution is 0.902. The number of hydrogen-bond acceptors (Lipinski definition) is 5. The van der Waals surface area contributed by atoms with Crippen LogP contribution in [0.2, 0.25) is 0 Å². The topological polar surface area (TPSA) is 65.6 Å². The summed E-state index contributed by atoms with van der Waals surface area (Å²) in [4.78, 5) is 11.8. The molecule has 3 N–H and O–H groups in total. The van der Waals surface area contributed by atoms with Crippen LogP contribution < -0.4 is 10.6 Å². The first-order chi connectivity index (χ1) is 10.2. The molecule has 0 aromatic carbocycles. The van der Waals surface area contributed by atoms with Gasteiger partial charge in [-0.3, -0.25) is 0 Å². The Morgan fingerprint density at radius 2 is 2.10 bits per heavy atom. The molecule has 110 valence electrons. The van der Waals surface area contributed by atoms with Gasteiger partial charge in [0.2, 0.25) is 5.95 Å². The van der Waals surface area contributed by atoms with Crippen LogP contribution in [0, 0.1) is 0 Å². The largest absolute Gasteiger partial charge is 0.377 e. The maximum absolute atomic E-state index is 4.37. The second-order valence-corrected chi connectivity index (χ2v) is 7.62. The van der Waals surface area contributed by atoms with Crippen molar-refractivity contribution in [2.75, 3.05) is 23.7 Å². The third kappa shape index (κ3) is 3.75. The number of pyridine rings is 1. The Labute approximate surface area is 142 Å². The minimum Gasteiger partial charge on any atom is -0.377 e. The molecule has 3 heterocycles. The molecule has 3 rings (SSSR count). The molecule has 5 nitrogen and oxygen atoms in total. The number of H-pyrrole nitrogens is 1. The van der Waals surface area contributed by atoms with Gasteiger partial charge in [0.25, 0.3) is 0 Å². The number of nitrogens with zero attached hydrogens (tertiary/aromatic N) is 2. The number of halogens is 2. The number of aromatic nitrogens is 3. The van der Waals surface area contributed by atoms with Crippen molar-refractivity contribution in [2.24, 2.45) is 0 Å². The van der Waals surface area contributed by atoms with Gasteiger partial charge in [0.1, 0.15) is 0 Å². The lowest BCUT2D eigenvalue weighted by Gasteiger charge is -2.04. The Bertz CT molecular complexity index is 687. The summed E-state index contributed by atoms with van der Waals surface area (Å²) in [7, 11) is 0. The number of fused-ring (bicyclic) bond motifs is 1. The summed E-state index contributed by atoms with van der Waals surface area (Å²) in [6, 6.07) is 5.94. The van der Waals surface area contributed by atoms with Crippen LogP contribution in [0.1, 0.15) is 6.42 Å². The third-order valence-corrected chi connectivity index (χ3v) is 6.06. The number of hydrogen-bond donors (Lipinski definition) is 3. The van der Waals surface area contributed by atoms with Crippen LogP contribution in [-0.4, -0.2) is 28.0 Å². The van der Waals surface area contributed by atoms with Gasteiger partial charge in [-0.05, 0) is 56.5 Å². The predicted molar refractivity (Wildman–Crippen MR) is 95.2 cm³/mol. The Hall–Kier alpha value is -1.12. The summed E-state index contributed by atoms with van der Waals surface area (Å²) in [6.45, 7) is 1.76. The van der Waals surface area contributed by atoms with Crippen LogP contribution in [0.25, 0.3) is 11.2 Å². The van der Waals surface area contributed by atoms with Gasteiger partial charge in [0, 0.05) is 23.8 Å². The molecule has 0 saturated carbocycles. The number of thiophene rings is 1. The van der Waals surface area contributed by atoms with E-state index in [1.807, 2.05) is 12.1 Å². The molecule has 0 fully saturated rings. The van der Waals surface area contributed by atoms with Crippen molar-refractivity contribution < 1.29 is 0 Å². The first-order valence-electron chi connectivity index (χ1n) is 6.46. The van der Waals surface area contributed by atoms with Gasteiger partial charge in [0.15, 0.2) is 5.65 Å². The van der Waals surface area contributed by atoms with Crippen LogP contribution in [0.5, 0.6) is 0 Å². The van der Waals surface area contributed by atoms with Gasteiger partial charge in [0.05, 0.1) is 14.3 Å². The van der Waals surface area contributed by atoms with Gasteiger partial charge in [-0.1, -0.05) is 0 Å². The fourth-order valence-electron chi connectivity index (χ4n) is 1.87. The van der Waals surface area contributed by atoms with Crippen molar-refractivity contribution in [2.45, 2.75) is 6.42 Å². The maximum Gasteiger partial charge on any atom is 0.202 e. The molecule has 0 aliphatic carbocycles. The third-order valence-electron chi connectivity index (χ3n) is 2.85. The minimum absolute atomic E-state index is 0.742. The Kier molecular flexibility index (Phi) is 4.77. The van der Waals surface area contributed by atoms with Crippen LogP contribution in [0.15, 0.2) is 32.7 Å². The van der Waals surface area contributed by atoms with E-state index in [1.54, 1.807) is 17.5 Å². The summed E-state index contributed by atoms with van der Waals surface area (Å²) in [5.41, 5.74) is 1.69. The van der Waals surface area contributed by atoms with E-state index < -0.39 is 0 Å². The van der Waals surface area contributed by atoms with Gasteiger partial charge >= 0.3 is 0 Å². The minimum atomic E-state index is 0.742. The molecule has 3 aromatic heterocycles. The predicted octanol–water partition coefficient (Wildman–Crippen LogP) is 4.46. The number of imidazole rings is 1. The summed E-state index contributed by atoms with van der Waals surface area (Å²) in [5, 5.41) is 7.82. The fourth-order valence-corrected chi connectivity index (χ4v) is 3.83. The molecule has 3 aromatic rings. The summed E-state index contributed by atoms with van der Waals surface area (Å²) in [5.74, 6) is 0.769. The van der Waals surface area contributed by atoms with Crippen LogP contribution in [-0.2, 0) is 0 Å². The summed E-state index contributed by atoms with van der Waals surface area (Å²) < 4.78 is 2.20. The van der Waals surface area contributed by atoms with Crippen molar-refractivity contribution in [1.82, 2.24) is 15.0 Å². The highest BCUT2D eigenvalue weighted by atomic mass is 79.9. The van der Waals surface area contributed by atoms with Crippen LogP contribution in [0.4, 0.5) is 10.9 Å². The smallest absolute Gasteiger partial charge is 0.202 e. The average molecular weight is 431 g/mol. The lowest BCUT2D eigenvalue weighted by atomic mass is 10.4. The monoisotopic (exact) mass is 429 g/mol. The van der Waals surface area contributed by atoms with Gasteiger partial charge in [-0.25, -0.2) is 4.98 Å². The molecular weight excluding hydrogens is 418 g/mol. The van der Waals surface area contributed by atoms with E-state index in [0.29, 0.717) is 0 Å². The van der Waals surface area contributed by atoms with E-state index in [0.717, 1.165) is 49.9 Å². The van der Waals surface area contributed by atoms with Crippen LogP contribution in [0.3, 0.4) is 0 Å². The first kappa shape index (κ1) is 14.8. The molecule has 0 spiro atoms. The number of rotatable bonds is 6. The summed E-state index contributed by atoms with van der Waals surface area (Å²) >= 11 is 8.65. The van der Waals surface area contributed by atoms with E-state index >= 15 is 0 Å². The van der Waals surface area contributed by atoms with Crippen molar-refractivity contribution in [3.05, 3.63) is 32.7 Å². The first-order valence-corrected chi connectivity index (χ1v) is 8.86. The molecule has 0 saturated heterocycles. The molecule has 0 bridgehead atoms. The van der Waals surface area contributed by atoms with Crippen molar-refractivity contribution >= 4 is 65.3 Å².